The SMILES string of the molecule is CCCCCCCCCC/C=C\CCCCCCCCCCCCCCCCCCCCCCCCCCCCCCCC(=O)NC(COP(=O)(O)OCC[N+](C)(C)C)C(O)/C=C/CC/C=C/CCCCCCCCCCCCCCCCCCC. The maximum atomic E-state index is 13.1. The summed E-state index contributed by atoms with van der Waals surface area (Å²) in [7, 11) is 1.57. The fourth-order valence-electron chi connectivity index (χ4n) is 11.9. The van der Waals surface area contributed by atoms with E-state index in [1.807, 2.05) is 27.2 Å². The molecule has 3 N–H and O–H groups in total. The lowest BCUT2D eigenvalue weighted by molar-refractivity contribution is -0.870. The van der Waals surface area contributed by atoms with E-state index >= 15 is 0 Å². The van der Waals surface area contributed by atoms with Crippen LogP contribution in [0.2, 0.25) is 0 Å². The van der Waals surface area contributed by atoms with Gasteiger partial charge in [0.1, 0.15) is 13.2 Å². The van der Waals surface area contributed by atoms with Gasteiger partial charge in [-0.2, -0.15) is 0 Å². The average Bonchev–Trinajstić information content (AvgIpc) is 3.70. The van der Waals surface area contributed by atoms with E-state index < -0.39 is 20.0 Å². The summed E-state index contributed by atoms with van der Waals surface area (Å²) in [5, 5.41) is 14.0. The molecular formula is C77H152N2O6P+. The highest BCUT2D eigenvalue weighted by molar-refractivity contribution is 7.47. The van der Waals surface area contributed by atoms with Crippen LogP contribution < -0.4 is 5.32 Å². The van der Waals surface area contributed by atoms with Crippen molar-refractivity contribution < 1.29 is 32.9 Å². The zero-order chi connectivity index (χ0) is 62.6. The van der Waals surface area contributed by atoms with Crippen molar-refractivity contribution in [2.75, 3.05) is 40.9 Å². The highest BCUT2D eigenvalue weighted by atomic mass is 31.2. The normalized spacial score (nSPS) is 13.7. The lowest BCUT2D eigenvalue weighted by Gasteiger charge is -2.25. The van der Waals surface area contributed by atoms with Gasteiger partial charge < -0.3 is 19.8 Å². The van der Waals surface area contributed by atoms with E-state index in [4.69, 9.17) is 9.05 Å². The van der Waals surface area contributed by atoms with Gasteiger partial charge in [-0.1, -0.05) is 371 Å². The Labute approximate surface area is 537 Å². The minimum absolute atomic E-state index is 0.0585. The Balaban J connectivity index is 3.91. The number of likely N-dealkylation sites (N-methyl/N-ethyl adjacent to an activating group) is 1. The maximum absolute atomic E-state index is 13.1. The van der Waals surface area contributed by atoms with Gasteiger partial charge in [-0.3, -0.25) is 13.8 Å². The van der Waals surface area contributed by atoms with E-state index in [0.717, 1.165) is 38.5 Å². The third kappa shape index (κ3) is 70.2. The van der Waals surface area contributed by atoms with Gasteiger partial charge in [-0.25, -0.2) is 4.57 Å². The molecule has 0 aromatic carbocycles. The number of unbranched alkanes of at least 4 members (excludes halogenated alkanes) is 55. The number of nitrogens with one attached hydrogen (secondary N) is 1. The molecular weight excluding hydrogens is 1080 g/mol. The summed E-state index contributed by atoms with van der Waals surface area (Å²) in [6, 6.07) is -0.863. The second kappa shape index (κ2) is 68.1. The fourth-order valence-corrected chi connectivity index (χ4v) is 12.6. The standard InChI is InChI=1S/C77H151N2O6P/c1-6-8-10-12-14-16-18-20-22-24-26-28-30-31-32-33-34-35-36-37-38-39-40-41-42-43-44-45-46-47-49-51-53-55-57-59-61-63-65-67-69-71-77(81)78-75(74-85-86(82,83)84-73-72-79(3,4)5)76(80)70-68-66-64-62-60-58-56-54-52-50-48-29-27-25-23-21-19-17-15-13-11-9-7-2/h24,26,60,62,68,70,75-76,80H,6-23,25,27-59,61,63-67,69,71-74H2,1-5H3,(H-,78,81,82,83)/p+1/b26-24-,62-60+,70-68+. The molecule has 0 fully saturated rings. The van der Waals surface area contributed by atoms with Gasteiger partial charge in [-0.15, -0.1) is 0 Å². The topological polar surface area (TPSA) is 105 Å². The Morgan fingerprint density at radius 2 is 0.640 bits per heavy atom. The molecule has 0 rings (SSSR count). The first-order valence-electron chi connectivity index (χ1n) is 38.4. The lowest BCUT2D eigenvalue weighted by Crippen LogP contribution is -2.45. The van der Waals surface area contributed by atoms with E-state index in [1.165, 1.54) is 340 Å². The van der Waals surface area contributed by atoms with Gasteiger partial charge in [0, 0.05) is 6.42 Å². The van der Waals surface area contributed by atoms with Crippen molar-refractivity contribution in [1.82, 2.24) is 5.32 Å². The van der Waals surface area contributed by atoms with Gasteiger partial charge in [0.25, 0.3) is 0 Å². The van der Waals surface area contributed by atoms with Gasteiger partial charge >= 0.3 is 7.82 Å². The molecule has 0 aliphatic heterocycles. The predicted octanol–water partition coefficient (Wildman–Crippen LogP) is 24.8. The van der Waals surface area contributed by atoms with Crippen molar-refractivity contribution in [2.45, 2.75) is 411 Å². The van der Waals surface area contributed by atoms with E-state index in [1.54, 1.807) is 6.08 Å². The van der Waals surface area contributed by atoms with E-state index in [-0.39, 0.29) is 19.1 Å². The lowest BCUT2D eigenvalue weighted by atomic mass is 10.0. The molecule has 0 bridgehead atoms. The average molecular weight is 1230 g/mol. The molecule has 0 aliphatic carbocycles. The van der Waals surface area contributed by atoms with Gasteiger partial charge in [0.15, 0.2) is 0 Å². The number of phosphoric ester groups is 1. The molecule has 0 radical (unpaired) electrons. The molecule has 9 heteroatoms. The highest BCUT2D eigenvalue weighted by Gasteiger charge is 2.28. The van der Waals surface area contributed by atoms with Crippen LogP contribution in [0.4, 0.5) is 0 Å². The van der Waals surface area contributed by atoms with Gasteiger partial charge in [0.2, 0.25) is 5.91 Å². The maximum Gasteiger partial charge on any atom is 0.472 e. The van der Waals surface area contributed by atoms with Gasteiger partial charge in [0.05, 0.1) is 39.9 Å². The first-order valence-corrected chi connectivity index (χ1v) is 39.9. The predicted molar refractivity (Wildman–Crippen MR) is 378 cm³/mol. The largest absolute Gasteiger partial charge is 0.472 e. The number of carbonyl (C=O) groups is 1. The van der Waals surface area contributed by atoms with Crippen molar-refractivity contribution in [2.24, 2.45) is 0 Å². The number of hydrogen-bond donors (Lipinski definition) is 3. The number of nitrogens with zero attached hydrogens (tertiary/aromatic N) is 1. The van der Waals surface area contributed by atoms with Crippen LogP contribution in [0, 0.1) is 0 Å². The quantitative estimate of drug-likeness (QED) is 0.0243. The molecule has 0 saturated carbocycles. The molecule has 8 nitrogen and oxygen atoms in total. The Morgan fingerprint density at radius 1 is 0.384 bits per heavy atom. The molecule has 0 aliphatic rings. The van der Waals surface area contributed by atoms with Crippen LogP contribution in [0.5, 0.6) is 0 Å². The van der Waals surface area contributed by atoms with Crippen molar-refractivity contribution in [3.8, 4) is 0 Å². The molecule has 0 spiro atoms. The third-order valence-corrected chi connectivity index (χ3v) is 18.8. The number of aliphatic hydroxyl groups is 1. The molecule has 510 valence electrons. The summed E-state index contributed by atoms with van der Waals surface area (Å²) in [4.78, 5) is 23.4. The Bertz CT molecular complexity index is 1500. The molecule has 86 heavy (non-hydrogen) atoms. The van der Waals surface area contributed by atoms with Crippen LogP contribution in [0.15, 0.2) is 36.5 Å². The summed E-state index contributed by atoms with van der Waals surface area (Å²) in [5.74, 6) is -0.178. The second-order valence-electron chi connectivity index (χ2n) is 27.7. The summed E-state index contributed by atoms with van der Waals surface area (Å²) < 4.78 is 23.8. The third-order valence-electron chi connectivity index (χ3n) is 17.8. The second-order valence-corrected chi connectivity index (χ2v) is 29.2. The summed E-state index contributed by atoms with van der Waals surface area (Å²) in [5.41, 5.74) is 0. The number of hydrogen-bond acceptors (Lipinski definition) is 5. The zero-order valence-corrected chi connectivity index (χ0v) is 59.5. The van der Waals surface area contributed by atoms with Crippen molar-refractivity contribution in [3.05, 3.63) is 36.5 Å². The zero-order valence-electron chi connectivity index (χ0n) is 58.6. The molecule has 0 aromatic rings. The Morgan fingerprint density at radius 3 is 0.930 bits per heavy atom. The smallest absolute Gasteiger partial charge is 0.387 e. The first-order chi connectivity index (χ1) is 42.0. The number of allylic oxidation sites excluding steroid dienone is 5. The number of carbonyl (C=O) groups excluding carboxylic acids is 1. The molecule has 0 saturated heterocycles. The minimum Gasteiger partial charge on any atom is -0.387 e. The van der Waals surface area contributed by atoms with Crippen LogP contribution in [-0.2, 0) is 18.4 Å². The Hall–Kier alpha value is -1.28. The molecule has 0 aromatic heterocycles. The van der Waals surface area contributed by atoms with Crippen LogP contribution >= 0.6 is 7.82 Å². The van der Waals surface area contributed by atoms with E-state index in [0.29, 0.717) is 17.4 Å². The number of quaternary nitrogens is 1. The van der Waals surface area contributed by atoms with Crippen LogP contribution in [0.25, 0.3) is 0 Å². The number of amides is 1. The van der Waals surface area contributed by atoms with Crippen LogP contribution in [-0.4, -0.2) is 73.4 Å². The number of aliphatic hydroxyl groups excluding tert-OH is 1. The van der Waals surface area contributed by atoms with Crippen LogP contribution in [0.3, 0.4) is 0 Å². The number of phosphoric acid groups is 1. The van der Waals surface area contributed by atoms with Crippen molar-refractivity contribution in [1.29, 1.82) is 0 Å². The monoisotopic (exact) mass is 1230 g/mol. The van der Waals surface area contributed by atoms with Crippen molar-refractivity contribution >= 4 is 13.7 Å². The molecule has 3 unspecified atom stereocenters. The van der Waals surface area contributed by atoms with E-state index in [9.17, 15) is 19.4 Å². The van der Waals surface area contributed by atoms with Crippen molar-refractivity contribution in [3.63, 3.8) is 0 Å². The van der Waals surface area contributed by atoms with E-state index in [2.05, 4.69) is 43.5 Å². The Kier molecular flexibility index (Phi) is 67.1. The summed E-state index contributed by atoms with van der Waals surface area (Å²) >= 11 is 0. The minimum atomic E-state index is -4.36. The molecule has 3 atom stereocenters. The molecule has 1 amide bonds. The summed E-state index contributed by atoms with van der Waals surface area (Å²) in [6.07, 6.45) is 92.0. The van der Waals surface area contributed by atoms with Gasteiger partial charge in [-0.05, 0) is 57.8 Å². The van der Waals surface area contributed by atoms with Crippen LogP contribution in [0.1, 0.15) is 399 Å². The molecule has 0 heterocycles. The fraction of sp³-hybridized carbons (Fsp3) is 0.909. The first kappa shape index (κ1) is 84.7. The summed E-state index contributed by atoms with van der Waals surface area (Å²) in [6.45, 7) is 4.86. The number of rotatable bonds is 72. The highest BCUT2D eigenvalue weighted by Crippen LogP contribution is 2.43.